The third-order valence-corrected chi connectivity index (χ3v) is 4.18. The molecule has 0 fully saturated rings. The summed E-state index contributed by atoms with van der Waals surface area (Å²) in [6, 6.07) is 7.33. The van der Waals surface area contributed by atoms with E-state index in [2.05, 4.69) is 33.0 Å². The largest absolute Gasteiger partial charge is 0.382 e. The minimum Gasteiger partial charge on any atom is -0.382 e. The Balaban J connectivity index is 2.86. The van der Waals surface area contributed by atoms with E-state index in [1.54, 1.807) is 12.1 Å². The zero-order valence-electron chi connectivity index (χ0n) is 11.8. The van der Waals surface area contributed by atoms with Gasteiger partial charge in [-0.1, -0.05) is 27.7 Å². The lowest BCUT2D eigenvalue weighted by Crippen LogP contribution is -2.31. The second kappa shape index (κ2) is 5.74. The molecule has 1 rings (SSSR count). The maximum atomic E-state index is 11.4. The predicted molar refractivity (Wildman–Crippen MR) is 76.6 cm³/mol. The van der Waals surface area contributed by atoms with E-state index in [1.165, 1.54) is 6.26 Å². The van der Waals surface area contributed by atoms with E-state index in [0.29, 0.717) is 22.8 Å². The van der Waals surface area contributed by atoms with Gasteiger partial charge in [0.25, 0.3) is 0 Å². The fraction of sp³-hybridized carbons (Fsp3) is 0.571. The van der Waals surface area contributed by atoms with Crippen molar-refractivity contribution >= 4 is 15.5 Å². The maximum absolute atomic E-state index is 11.4. The summed E-state index contributed by atoms with van der Waals surface area (Å²) in [5.41, 5.74) is 0.967. The summed E-state index contributed by atoms with van der Waals surface area (Å²) < 4.78 is 22.7. The van der Waals surface area contributed by atoms with Gasteiger partial charge >= 0.3 is 0 Å². The van der Waals surface area contributed by atoms with Crippen molar-refractivity contribution in [1.29, 1.82) is 0 Å². The second-order valence-electron chi connectivity index (χ2n) is 5.45. The van der Waals surface area contributed by atoms with E-state index >= 15 is 0 Å². The Morgan fingerprint density at radius 2 is 1.39 bits per heavy atom. The van der Waals surface area contributed by atoms with Crippen LogP contribution in [0.25, 0.3) is 0 Å². The van der Waals surface area contributed by atoms with Crippen molar-refractivity contribution < 1.29 is 8.42 Å². The van der Waals surface area contributed by atoms with Gasteiger partial charge in [0.2, 0.25) is 0 Å². The second-order valence-corrected chi connectivity index (χ2v) is 7.47. The molecule has 0 atom stereocenters. The van der Waals surface area contributed by atoms with Crippen molar-refractivity contribution in [2.24, 2.45) is 11.8 Å². The lowest BCUT2D eigenvalue weighted by Gasteiger charge is -2.27. The van der Waals surface area contributed by atoms with Gasteiger partial charge in [0.05, 0.1) is 4.90 Å². The van der Waals surface area contributed by atoms with E-state index in [1.807, 2.05) is 12.1 Å². The van der Waals surface area contributed by atoms with Crippen molar-refractivity contribution in [3.05, 3.63) is 24.3 Å². The highest BCUT2D eigenvalue weighted by Crippen LogP contribution is 2.20. The van der Waals surface area contributed by atoms with Crippen LogP contribution in [0, 0.1) is 11.8 Å². The SMILES string of the molecule is CC(C)C(Nc1ccc(S(C)(=O)=O)cc1)C(C)C. The standard InChI is InChI=1S/C14H23NO2S/c1-10(2)14(11(3)4)15-12-6-8-13(9-7-12)18(5,16)17/h6-11,14-15H,1-5H3. The van der Waals surface area contributed by atoms with Crippen LogP contribution in [0.1, 0.15) is 27.7 Å². The molecule has 1 aromatic rings. The molecule has 18 heavy (non-hydrogen) atoms. The van der Waals surface area contributed by atoms with Gasteiger partial charge in [-0.05, 0) is 36.1 Å². The van der Waals surface area contributed by atoms with Crippen LogP contribution in [-0.4, -0.2) is 20.7 Å². The summed E-state index contributed by atoms with van der Waals surface area (Å²) in [7, 11) is -3.11. The van der Waals surface area contributed by atoms with Gasteiger partial charge < -0.3 is 5.32 Å². The zero-order valence-corrected chi connectivity index (χ0v) is 12.6. The molecule has 1 aromatic carbocycles. The molecule has 0 bridgehead atoms. The van der Waals surface area contributed by atoms with Gasteiger partial charge in [-0.2, -0.15) is 0 Å². The number of benzene rings is 1. The Bertz CT molecular complexity index is 467. The first kappa shape index (κ1) is 15.0. The number of hydrogen-bond acceptors (Lipinski definition) is 3. The maximum Gasteiger partial charge on any atom is 0.175 e. The number of anilines is 1. The third-order valence-electron chi connectivity index (χ3n) is 3.05. The summed E-state index contributed by atoms with van der Waals surface area (Å²) in [5, 5.41) is 3.46. The molecule has 0 saturated carbocycles. The molecule has 0 spiro atoms. The summed E-state index contributed by atoms with van der Waals surface area (Å²) in [4.78, 5) is 0.360. The molecule has 0 saturated heterocycles. The highest BCUT2D eigenvalue weighted by atomic mass is 32.2. The van der Waals surface area contributed by atoms with Gasteiger partial charge in [-0.15, -0.1) is 0 Å². The van der Waals surface area contributed by atoms with Gasteiger partial charge in [0.15, 0.2) is 9.84 Å². The minimum absolute atomic E-state index is 0.360. The van der Waals surface area contributed by atoms with Crippen LogP contribution in [0.3, 0.4) is 0 Å². The van der Waals surface area contributed by atoms with Crippen LogP contribution >= 0.6 is 0 Å². The van der Waals surface area contributed by atoms with E-state index in [0.717, 1.165) is 5.69 Å². The fourth-order valence-electron chi connectivity index (χ4n) is 2.09. The zero-order chi connectivity index (χ0) is 13.9. The van der Waals surface area contributed by atoms with Crippen molar-refractivity contribution in [1.82, 2.24) is 0 Å². The number of nitrogens with one attached hydrogen (secondary N) is 1. The molecule has 1 N–H and O–H groups in total. The van der Waals surface area contributed by atoms with Crippen LogP contribution in [0.5, 0.6) is 0 Å². The molecule has 0 aliphatic rings. The molecule has 0 aliphatic heterocycles. The monoisotopic (exact) mass is 269 g/mol. The number of hydrogen-bond donors (Lipinski definition) is 1. The molecule has 0 radical (unpaired) electrons. The molecule has 0 heterocycles. The van der Waals surface area contributed by atoms with E-state index < -0.39 is 9.84 Å². The van der Waals surface area contributed by atoms with Gasteiger partial charge in [-0.25, -0.2) is 8.42 Å². The molecule has 0 unspecified atom stereocenters. The van der Waals surface area contributed by atoms with Crippen molar-refractivity contribution in [3.8, 4) is 0 Å². The molecule has 102 valence electrons. The molecule has 0 aliphatic carbocycles. The Hall–Kier alpha value is -1.03. The highest BCUT2D eigenvalue weighted by molar-refractivity contribution is 7.90. The minimum atomic E-state index is -3.11. The smallest absolute Gasteiger partial charge is 0.175 e. The van der Waals surface area contributed by atoms with Gasteiger partial charge in [-0.3, -0.25) is 0 Å². The van der Waals surface area contributed by atoms with Crippen molar-refractivity contribution in [2.75, 3.05) is 11.6 Å². The average Bonchev–Trinajstić information content (AvgIpc) is 2.24. The quantitative estimate of drug-likeness (QED) is 0.893. The highest BCUT2D eigenvalue weighted by Gasteiger charge is 2.17. The molecular formula is C14H23NO2S. The summed E-state index contributed by atoms with van der Waals surface area (Å²) in [6.45, 7) is 8.73. The summed E-state index contributed by atoms with van der Waals surface area (Å²) >= 11 is 0. The Morgan fingerprint density at radius 3 is 1.72 bits per heavy atom. The molecule has 0 aromatic heterocycles. The third kappa shape index (κ3) is 4.02. The first-order chi connectivity index (χ1) is 8.21. The van der Waals surface area contributed by atoms with Crippen molar-refractivity contribution in [2.45, 2.75) is 38.6 Å². The van der Waals surface area contributed by atoms with Crippen LogP contribution in [-0.2, 0) is 9.84 Å². The summed E-state index contributed by atoms with van der Waals surface area (Å²) in [5.74, 6) is 1.05. The normalized spacial score (nSPS) is 12.4. The Morgan fingerprint density at radius 1 is 0.944 bits per heavy atom. The molecule has 4 heteroatoms. The van der Waals surface area contributed by atoms with E-state index in [9.17, 15) is 8.42 Å². The van der Waals surface area contributed by atoms with Crippen LogP contribution in [0.15, 0.2) is 29.2 Å². The molecule has 0 amide bonds. The van der Waals surface area contributed by atoms with Crippen LogP contribution < -0.4 is 5.32 Å². The molecular weight excluding hydrogens is 246 g/mol. The average molecular weight is 269 g/mol. The topological polar surface area (TPSA) is 46.2 Å². The first-order valence-corrected chi connectivity index (χ1v) is 8.17. The number of rotatable bonds is 5. The van der Waals surface area contributed by atoms with Crippen molar-refractivity contribution in [3.63, 3.8) is 0 Å². The summed E-state index contributed by atoms with van der Waals surface area (Å²) in [6.07, 6.45) is 1.22. The van der Waals surface area contributed by atoms with E-state index in [-0.39, 0.29) is 0 Å². The lowest BCUT2D eigenvalue weighted by molar-refractivity contribution is 0.413. The van der Waals surface area contributed by atoms with Gasteiger partial charge in [0.1, 0.15) is 0 Å². The fourth-order valence-corrected chi connectivity index (χ4v) is 2.72. The van der Waals surface area contributed by atoms with Gasteiger partial charge in [0, 0.05) is 18.0 Å². The predicted octanol–water partition coefficient (Wildman–Crippen LogP) is 3.18. The Kier molecular flexibility index (Phi) is 4.79. The first-order valence-electron chi connectivity index (χ1n) is 6.28. The number of sulfone groups is 1. The van der Waals surface area contributed by atoms with E-state index in [4.69, 9.17) is 0 Å². The van der Waals surface area contributed by atoms with Crippen LogP contribution in [0.4, 0.5) is 5.69 Å². The Labute approximate surface area is 111 Å². The molecule has 3 nitrogen and oxygen atoms in total. The lowest BCUT2D eigenvalue weighted by atomic mass is 9.93. The van der Waals surface area contributed by atoms with Crippen LogP contribution in [0.2, 0.25) is 0 Å².